The maximum absolute atomic E-state index is 8.89. The topological polar surface area (TPSA) is 59.0 Å². The third-order valence-electron chi connectivity index (χ3n) is 1.96. The quantitative estimate of drug-likeness (QED) is 0.517. The number of benzene rings is 1. The third-order valence-corrected chi connectivity index (χ3v) is 2.41. The largest absolute Gasteiger partial charge is 0.493 e. The highest BCUT2D eigenvalue weighted by atomic mass is 35.5. The van der Waals surface area contributed by atoms with E-state index in [9.17, 15) is 0 Å². The van der Waals surface area contributed by atoms with Gasteiger partial charge in [-0.25, -0.2) is 0 Å². The molecule has 2 N–H and O–H groups in total. The van der Waals surface area contributed by atoms with E-state index in [2.05, 4.69) is 0 Å². The van der Waals surface area contributed by atoms with E-state index in [1.165, 1.54) is 0 Å². The van der Waals surface area contributed by atoms with Crippen molar-refractivity contribution < 1.29 is 4.74 Å². The summed E-state index contributed by atoms with van der Waals surface area (Å²) < 4.78 is 5.42. The molecule has 3 nitrogen and oxygen atoms in total. The lowest BCUT2D eigenvalue weighted by Gasteiger charge is -2.07. The number of nitrogens with two attached hydrogens (primary N) is 1. The zero-order chi connectivity index (χ0) is 12.8. The van der Waals surface area contributed by atoms with Gasteiger partial charge in [0.25, 0.3) is 0 Å². The van der Waals surface area contributed by atoms with Crippen molar-refractivity contribution in [2.75, 3.05) is 6.61 Å². The minimum Gasteiger partial charge on any atom is -0.493 e. The molecule has 1 aromatic carbocycles. The number of hydrogen-bond donors (Lipinski definition) is 1. The van der Waals surface area contributed by atoms with E-state index in [1.54, 1.807) is 24.3 Å². The van der Waals surface area contributed by atoms with E-state index in [0.29, 0.717) is 22.9 Å². The highest BCUT2D eigenvalue weighted by Gasteiger charge is 2.05. The van der Waals surface area contributed by atoms with Crippen LogP contribution >= 0.6 is 23.8 Å². The molecule has 0 aliphatic carbocycles. The third kappa shape index (κ3) is 3.74. The van der Waals surface area contributed by atoms with Gasteiger partial charge in [-0.15, -0.1) is 0 Å². The normalized spacial score (nSPS) is 10.8. The zero-order valence-corrected chi connectivity index (χ0v) is 10.8. The van der Waals surface area contributed by atoms with Crippen LogP contribution in [0.5, 0.6) is 5.75 Å². The van der Waals surface area contributed by atoms with Gasteiger partial charge >= 0.3 is 0 Å². The minimum absolute atomic E-state index is 0.0509. The first kappa shape index (κ1) is 13.5. The maximum atomic E-state index is 8.89. The predicted octanol–water partition coefficient (Wildman–Crippen LogP) is 2.93. The van der Waals surface area contributed by atoms with E-state index >= 15 is 0 Å². The molecule has 0 saturated carbocycles. The van der Waals surface area contributed by atoms with Gasteiger partial charge in [0, 0.05) is 10.6 Å². The van der Waals surface area contributed by atoms with Crippen molar-refractivity contribution in [3.8, 4) is 11.8 Å². The van der Waals surface area contributed by atoms with E-state index in [0.717, 1.165) is 0 Å². The van der Waals surface area contributed by atoms with Gasteiger partial charge in [0.1, 0.15) is 16.8 Å². The number of thiocarbonyl (C=S) groups is 1. The molecule has 88 valence electrons. The lowest BCUT2D eigenvalue weighted by atomic mass is 10.1. The van der Waals surface area contributed by atoms with Gasteiger partial charge in [-0.2, -0.15) is 5.26 Å². The SMILES string of the molecule is CCOc1ccc(Cl)cc1/C=C(\C#N)C(N)=S. The van der Waals surface area contributed by atoms with Crippen molar-refractivity contribution in [1.82, 2.24) is 0 Å². The van der Waals surface area contributed by atoms with E-state index in [1.807, 2.05) is 13.0 Å². The van der Waals surface area contributed by atoms with Crippen LogP contribution < -0.4 is 10.5 Å². The zero-order valence-electron chi connectivity index (χ0n) is 9.24. The molecule has 0 amide bonds. The Balaban J connectivity index is 3.24. The number of nitrogens with zero attached hydrogens (tertiary/aromatic N) is 1. The molecule has 0 aromatic heterocycles. The summed E-state index contributed by atoms with van der Waals surface area (Å²) in [5, 5.41) is 9.44. The van der Waals surface area contributed by atoms with Gasteiger partial charge in [0.05, 0.1) is 12.2 Å². The monoisotopic (exact) mass is 266 g/mol. The standard InChI is InChI=1S/C12H11ClN2OS/c1-2-16-11-4-3-10(13)6-8(11)5-9(7-14)12(15)17/h3-6H,2H2,1H3,(H2,15,17)/b9-5+. The van der Waals surface area contributed by atoms with Crippen molar-refractivity contribution in [3.63, 3.8) is 0 Å². The number of halogens is 1. The molecule has 0 spiro atoms. The minimum atomic E-state index is 0.0509. The van der Waals surface area contributed by atoms with Crippen LogP contribution in [0.3, 0.4) is 0 Å². The molecule has 0 unspecified atom stereocenters. The summed E-state index contributed by atoms with van der Waals surface area (Å²) in [6, 6.07) is 7.09. The van der Waals surface area contributed by atoms with Crippen LogP contribution in [-0.4, -0.2) is 11.6 Å². The van der Waals surface area contributed by atoms with Crippen molar-refractivity contribution in [1.29, 1.82) is 5.26 Å². The molecule has 0 aliphatic heterocycles. The van der Waals surface area contributed by atoms with Gasteiger partial charge in [0.15, 0.2) is 0 Å². The van der Waals surface area contributed by atoms with Crippen LogP contribution in [0.25, 0.3) is 6.08 Å². The lowest BCUT2D eigenvalue weighted by molar-refractivity contribution is 0.339. The smallest absolute Gasteiger partial charge is 0.126 e. The number of ether oxygens (including phenoxy) is 1. The fraction of sp³-hybridized carbons (Fsp3) is 0.167. The van der Waals surface area contributed by atoms with Crippen molar-refractivity contribution in [3.05, 3.63) is 34.4 Å². The van der Waals surface area contributed by atoms with Crippen LogP contribution in [0.15, 0.2) is 23.8 Å². The van der Waals surface area contributed by atoms with Crippen molar-refractivity contribution in [2.24, 2.45) is 5.73 Å². The summed E-state index contributed by atoms with van der Waals surface area (Å²) in [4.78, 5) is 0.0509. The average Bonchev–Trinajstić information content (AvgIpc) is 2.29. The van der Waals surface area contributed by atoms with Crippen LogP contribution in [0.1, 0.15) is 12.5 Å². The Morgan fingerprint density at radius 2 is 2.35 bits per heavy atom. The summed E-state index contributed by atoms with van der Waals surface area (Å²) >= 11 is 10.7. The van der Waals surface area contributed by atoms with E-state index in [4.69, 9.17) is 39.6 Å². The number of rotatable bonds is 4. The molecule has 5 heteroatoms. The fourth-order valence-corrected chi connectivity index (χ4v) is 1.52. The van der Waals surface area contributed by atoms with Crippen molar-refractivity contribution >= 4 is 34.9 Å². The molecule has 0 bridgehead atoms. The first-order chi connectivity index (χ1) is 8.08. The molecule has 17 heavy (non-hydrogen) atoms. The van der Waals surface area contributed by atoms with Crippen LogP contribution in [0, 0.1) is 11.3 Å². The predicted molar refractivity (Wildman–Crippen MR) is 73.0 cm³/mol. The first-order valence-electron chi connectivity index (χ1n) is 4.92. The molecule has 0 fully saturated rings. The second-order valence-corrected chi connectivity index (χ2v) is 4.03. The summed E-state index contributed by atoms with van der Waals surface area (Å²) in [6.07, 6.45) is 1.57. The van der Waals surface area contributed by atoms with Crippen molar-refractivity contribution in [2.45, 2.75) is 6.92 Å². The summed E-state index contributed by atoms with van der Waals surface area (Å²) in [7, 11) is 0. The Labute approximate surface area is 110 Å². The number of nitriles is 1. The highest BCUT2D eigenvalue weighted by molar-refractivity contribution is 7.80. The fourth-order valence-electron chi connectivity index (χ4n) is 1.23. The molecule has 1 rings (SSSR count). The highest BCUT2D eigenvalue weighted by Crippen LogP contribution is 2.25. The lowest BCUT2D eigenvalue weighted by Crippen LogP contribution is -2.09. The molecule has 0 atom stereocenters. The molecule has 0 saturated heterocycles. The molecule has 0 aliphatic rings. The van der Waals surface area contributed by atoms with Crippen LogP contribution in [0.2, 0.25) is 5.02 Å². The Kier molecular flexibility index (Phi) is 4.95. The molecule has 1 aromatic rings. The molecular weight excluding hydrogens is 256 g/mol. The van der Waals surface area contributed by atoms with Gasteiger partial charge < -0.3 is 10.5 Å². The second-order valence-electron chi connectivity index (χ2n) is 3.15. The Morgan fingerprint density at radius 1 is 1.65 bits per heavy atom. The summed E-state index contributed by atoms with van der Waals surface area (Å²) in [5.41, 5.74) is 6.33. The summed E-state index contributed by atoms with van der Waals surface area (Å²) in [5.74, 6) is 0.640. The Morgan fingerprint density at radius 3 is 2.88 bits per heavy atom. The van der Waals surface area contributed by atoms with Gasteiger partial charge in [-0.05, 0) is 31.2 Å². The maximum Gasteiger partial charge on any atom is 0.126 e. The summed E-state index contributed by atoms with van der Waals surface area (Å²) in [6.45, 7) is 2.40. The van der Waals surface area contributed by atoms with Crippen LogP contribution in [-0.2, 0) is 0 Å². The van der Waals surface area contributed by atoms with Gasteiger partial charge in [-0.1, -0.05) is 23.8 Å². The van der Waals surface area contributed by atoms with Gasteiger partial charge in [0.2, 0.25) is 0 Å². The van der Waals surface area contributed by atoms with E-state index < -0.39 is 0 Å². The number of hydrogen-bond acceptors (Lipinski definition) is 3. The average molecular weight is 267 g/mol. The Bertz CT molecular complexity index is 506. The second kappa shape index (κ2) is 6.24. The first-order valence-corrected chi connectivity index (χ1v) is 5.71. The molecule has 0 heterocycles. The molecule has 0 radical (unpaired) electrons. The van der Waals surface area contributed by atoms with Crippen LogP contribution in [0.4, 0.5) is 0 Å². The Hall–Kier alpha value is -1.57. The van der Waals surface area contributed by atoms with E-state index in [-0.39, 0.29) is 10.6 Å². The molecular formula is C12H11ClN2OS. The van der Waals surface area contributed by atoms with Gasteiger partial charge in [-0.3, -0.25) is 0 Å².